The number of alkyl halides is 1. The summed E-state index contributed by atoms with van der Waals surface area (Å²) in [7, 11) is 0. The van der Waals surface area contributed by atoms with E-state index < -0.39 is 30.3 Å². The van der Waals surface area contributed by atoms with Crippen molar-refractivity contribution in [2.45, 2.75) is 19.3 Å². The van der Waals surface area contributed by atoms with Crippen LogP contribution in [-0.2, 0) is 14.3 Å². The van der Waals surface area contributed by atoms with Crippen LogP contribution in [0.5, 0.6) is 0 Å². The standard InChI is InChI=1S/C6H7FN2O4/c1-2(10)13-5-3(7)4(11)8-6(12)9-5/h3,5H,1H3,(H2,8,9,11,12)/t3-,5-/m0/s1. The molecule has 6 nitrogen and oxygen atoms in total. The summed E-state index contributed by atoms with van der Waals surface area (Å²) in [4.78, 5) is 31.7. The van der Waals surface area contributed by atoms with Crippen LogP contribution in [0.2, 0.25) is 0 Å². The smallest absolute Gasteiger partial charge is 0.324 e. The van der Waals surface area contributed by atoms with E-state index in [1.165, 1.54) is 0 Å². The quantitative estimate of drug-likeness (QED) is 0.522. The lowest BCUT2D eigenvalue weighted by molar-refractivity contribution is -0.155. The third-order valence-corrected chi connectivity index (χ3v) is 1.32. The Balaban J connectivity index is 2.66. The molecule has 0 spiro atoms. The molecule has 1 aliphatic heterocycles. The number of ether oxygens (including phenoxy) is 1. The summed E-state index contributed by atoms with van der Waals surface area (Å²) in [6.07, 6.45) is -3.60. The molecule has 72 valence electrons. The molecule has 1 heterocycles. The van der Waals surface area contributed by atoms with Crippen molar-refractivity contribution in [1.29, 1.82) is 0 Å². The maximum absolute atomic E-state index is 12.9. The summed E-state index contributed by atoms with van der Waals surface area (Å²) in [5.41, 5.74) is 0. The fourth-order valence-electron chi connectivity index (χ4n) is 0.825. The molecular formula is C6H7FN2O4. The minimum absolute atomic E-state index is 0.775. The zero-order chi connectivity index (χ0) is 10.0. The van der Waals surface area contributed by atoms with Crippen molar-refractivity contribution in [3.05, 3.63) is 0 Å². The minimum Gasteiger partial charge on any atom is -0.438 e. The number of halogens is 1. The largest absolute Gasteiger partial charge is 0.438 e. The number of hydrogen-bond acceptors (Lipinski definition) is 4. The lowest BCUT2D eigenvalue weighted by Crippen LogP contribution is -2.60. The summed E-state index contributed by atoms with van der Waals surface area (Å²) < 4.78 is 17.2. The van der Waals surface area contributed by atoms with Gasteiger partial charge in [-0.25, -0.2) is 9.18 Å². The van der Waals surface area contributed by atoms with Crippen LogP contribution in [-0.4, -0.2) is 30.3 Å². The number of esters is 1. The highest BCUT2D eigenvalue weighted by atomic mass is 19.1. The Kier molecular flexibility index (Phi) is 2.45. The van der Waals surface area contributed by atoms with Crippen LogP contribution in [0.25, 0.3) is 0 Å². The number of rotatable bonds is 1. The zero-order valence-electron chi connectivity index (χ0n) is 6.67. The van der Waals surface area contributed by atoms with E-state index in [0.29, 0.717) is 0 Å². The number of urea groups is 1. The average molecular weight is 190 g/mol. The molecular weight excluding hydrogens is 183 g/mol. The lowest BCUT2D eigenvalue weighted by atomic mass is 10.3. The summed E-state index contributed by atoms with van der Waals surface area (Å²) in [5, 5.41) is 3.62. The minimum atomic E-state index is -2.07. The number of carbonyl (C=O) groups is 3. The Labute approximate surface area is 72.4 Å². The first kappa shape index (κ1) is 9.43. The molecule has 13 heavy (non-hydrogen) atoms. The number of carbonyl (C=O) groups excluding carboxylic acids is 3. The van der Waals surface area contributed by atoms with Gasteiger partial charge in [-0.2, -0.15) is 0 Å². The van der Waals surface area contributed by atoms with Gasteiger partial charge in [0, 0.05) is 6.92 Å². The predicted octanol–water partition coefficient (Wildman–Crippen LogP) is -0.947. The highest BCUT2D eigenvalue weighted by Gasteiger charge is 2.37. The van der Waals surface area contributed by atoms with E-state index in [2.05, 4.69) is 4.74 Å². The average Bonchev–Trinajstić information content (AvgIpc) is 1.98. The first-order chi connectivity index (χ1) is 6.00. The highest BCUT2D eigenvalue weighted by molar-refractivity contribution is 5.99. The molecule has 7 heteroatoms. The monoisotopic (exact) mass is 190 g/mol. The molecule has 3 amide bonds. The third kappa shape index (κ3) is 2.14. The van der Waals surface area contributed by atoms with Gasteiger partial charge in [0.1, 0.15) is 0 Å². The molecule has 1 rings (SSSR count). The SMILES string of the molecule is CC(=O)O[C@@H]1NC(=O)NC(=O)[C@@H]1F. The van der Waals surface area contributed by atoms with Gasteiger partial charge in [-0.05, 0) is 0 Å². The van der Waals surface area contributed by atoms with Crippen molar-refractivity contribution >= 4 is 17.9 Å². The molecule has 2 N–H and O–H groups in total. The van der Waals surface area contributed by atoms with E-state index >= 15 is 0 Å². The molecule has 0 saturated carbocycles. The van der Waals surface area contributed by atoms with E-state index in [1.807, 2.05) is 5.32 Å². The zero-order valence-corrected chi connectivity index (χ0v) is 6.67. The Hall–Kier alpha value is -1.66. The van der Waals surface area contributed by atoms with Crippen molar-refractivity contribution in [3.8, 4) is 0 Å². The summed E-state index contributed by atoms with van der Waals surface area (Å²) in [6, 6.07) is -0.884. The van der Waals surface area contributed by atoms with E-state index in [4.69, 9.17) is 0 Å². The van der Waals surface area contributed by atoms with Gasteiger partial charge >= 0.3 is 12.0 Å². The Morgan fingerprint density at radius 3 is 2.69 bits per heavy atom. The van der Waals surface area contributed by atoms with Crippen LogP contribution in [0.3, 0.4) is 0 Å². The van der Waals surface area contributed by atoms with Crippen LogP contribution in [0.15, 0.2) is 0 Å². The summed E-state index contributed by atoms with van der Waals surface area (Å²) >= 11 is 0. The Morgan fingerprint density at radius 1 is 1.54 bits per heavy atom. The van der Waals surface area contributed by atoms with Crippen molar-refractivity contribution in [2.75, 3.05) is 0 Å². The van der Waals surface area contributed by atoms with Gasteiger partial charge in [0.2, 0.25) is 12.4 Å². The second kappa shape index (κ2) is 3.38. The second-order valence-electron chi connectivity index (χ2n) is 2.39. The van der Waals surface area contributed by atoms with Gasteiger partial charge in [0.25, 0.3) is 5.91 Å². The number of imide groups is 1. The van der Waals surface area contributed by atoms with Gasteiger partial charge in [-0.3, -0.25) is 20.2 Å². The molecule has 2 atom stereocenters. The van der Waals surface area contributed by atoms with Crippen molar-refractivity contribution < 1.29 is 23.5 Å². The summed E-state index contributed by atoms with van der Waals surface area (Å²) in [5.74, 6) is -1.89. The van der Waals surface area contributed by atoms with E-state index in [0.717, 1.165) is 6.92 Å². The molecule has 0 unspecified atom stereocenters. The second-order valence-corrected chi connectivity index (χ2v) is 2.39. The molecule has 1 fully saturated rings. The van der Waals surface area contributed by atoms with Crippen molar-refractivity contribution in [2.24, 2.45) is 0 Å². The maximum Gasteiger partial charge on any atom is 0.324 e. The maximum atomic E-state index is 12.9. The van der Waals surface area contributed by atoms with Gasteiger partial charge < -0.3 is 4.74 Å². The van der Waals surface area contributed by atoms with Gasteiger partial charge in [0.05, 0.1) is 0 Å². The van der Waals surface area contributed by atoms with Crippen LogP contribution in [0.1, 0.15) is 6.92 Å². The van der Waals surface area contributed by atoms with Crippen molar-refractivity contribution in [1.82, 2.24) is 10.6 Å². The van der Waals surface area contributed by atoms with Gasteiger partial charge in [0.15, 0.2) is 0 Å². The molecule has 1 saturated heterocycles. The van der Waals surface area contributed by atoms with E-state index in [-0.39, 0.29) is 0 Å². The lowest BCUT2D eigenvalue weighted by Gasteiger charge is -2.25. The van der Waals surface area contributed by atoms with Crippen molar-refractivity contribution in [3.63, 3.8) is 0 Å². The van der Waals surface area contributed by atoms with E-state index in [9.17, 15) is 18.8 Å². The fourth-order valence-corrected chi connectivity index (χ4v) is 0.825. The molecule has 0 aliphatic carbocycles. The molecule has 0 bridgehead atoms. The highest BCUT2D eigenvalue weighted by Crippen LogP contribution is 2.05. The fraction of sp³-hybridized carbons (Fsp3) is 0.500. The number of hydrogen-bond donors (Lipinski definition) is 2. The normalized spacial score (nSPS) is 27.5. The third-order valence-electron chi connectivity index (χ3n) is 1.32. The van der Waals surface area contributed by atoms with Crippen LogP contribution in [0, 0.1) is 0 Å². The Morgan fingerprint density at radius 2 is 2.15 bits per heavy atom. The van der Waals surface area contributed by atoms with Gasteiger partial charge in [-0.15, -0.1) is 0 Å². The molecule has 0 aromatic carbocycles. The first-order valence-corrected chi connectivity index (χ1v) is 3.43. The molecule has 0 aromatic rings. The van der Waals surface area contributed by atoms with Crippen LogP contribution >= 0.6 is 0 Å². The van der Waals surface area contributed by atoms with Gasteiger partial charge in [-0.1, -0.05) is 0 Å². The first-order valence-electron chi connectivity index (χ1n) is 3.43. The molecule has 0 radical (unpaired) electrons. The molecule has 1 aliphatic rings. The number of nitrogens with one attached hydrogen (secondary N) is 2. The molecule has 0 aromatic heterocycles. The Bertz CT molecular complexity index is 265. The summed E-state index contributed by atoms with van der Waals surface area (Å²) in [6.45, 7) is 1.05. The van der Waals surface area contributed by atoms with E-state index in [1.54, 1.807) is 5.32 Å². The topological polar surface area (TPSA) is 84.5 Å². The van der Waals surface area contributed by atoms with Crippen LogP contribution in [0.4, 0.5) is 9.18 Å². The number of amides is 3. The predicted molar refractivity (Wildman–Crippen MR) is 37.1 cm³/mol. The van der Waals surface area contributed by atoms with Crippen LogP contribution < -0.4 is 10.6 Å².